The number of phenolic OH excluding ortho intramolecular Hbond substituents is 1. The lowest BCUT2D eigenvalue weighted by Gasteiger charge is -2.23. The van der Waals surface area contributed by atoms with Crippen LogP contribution in [0.5, 0.6) is 5.75 Å². The van der Waals surface area contributed by atoms with Crippen molar-refractivity contribution in [2.24, 2.45) is 0 Å². The van der Waals surface area contributed by atoms with Crippen molar-refractivity contribution in [1.82, 2.24) is 5.32 Å². The van der Waals surface area contributed by atoms with Gasteiger partial charge in [-0.3, -0.25) is 0 Å². The highest BCUT2D eigenvalue weighted by molar-refractivity contribution is 7.10. The number of thiophene rings is 1. The van der Waals surface area contributed by atoms with Gasteiger partial charge in [0.25, 0.3) is 0 Å². The lowest BCUT2D eigenvalue weighted by Crippen LogP contribution is -2.23. The number of phenols is 1. The maximum absolute atomic E-state index is 13.3. The molecule has 1 aromatic carbocycles. The molecule has 1 aromatic heterocycles. The van der Waals surface area contributed by atoms with Gasteiger partial charge in [0, 0.05) is 17.5 Å². The Hall–Kier alpha value is -1.39. The van der Waals surface area contributed by atoms with Crippen LogP contribution >= 0.6 is 11.3 Å². The molecule has 4 heteroatoms. The molecule has 3 rings (SSSR count). The van der Waals surface area contributed by atoms with Crippen molar-refractivity contribution < 1.29 is 9.50 Å². The smallest absolute Gasteiger partial charge is 0.165 e. The third-order valence-electron chi connectivity index (χ3n) is 3.62. The Morgan fingerprint density at radius 1 is 1.37 bits per heavy atom. The summed E-state index contributed by atoms with van der Waals surface area (Å²) < 4.78 is 13.3. The molecule has 0 radical (unpaired) electrons. The predicted octanol–water partition coefficient (Wildman–Crippen LogP) is 3.76. The van der Waals surface area contributed by atoms with E-state index in [0.717, 1.165) is 12.0 Å². The van der Waals surface area contributed by atoms with Gasteiger partial charge in [-0.2, -0.15) is 0 Å². The molecule has 1 atom stereocenters. The highest BCUT2D eigenvalue weighted by atomic mass is 32.1. The zero-order valence-corrected chi connectivity index (χ0v) is 11.3. The van der Waals surface area contributed by atoms with Gasteiger partial charge in [0.2, 0.25) is 0 Å². The first-order valence-electron chi connectivity index (χ1n) is 6.51. The van der Waals surface area contributed by atoms with Crippen LogP contribution in [0.2, 0.25) is 0 Å². The zero-order chi connectivity index (χ0) is 13.2. The molecule has 0 bridgehead atoms. The molecule has 2 aromatic rings. The maximum Gasteiger partial charge on any atom is 0.165 e. The molecular formula is C15H16FNOS. The Bertz CT molecular complexity index is 581. The van der Waals surface area contributed by atoms with E-state index in [0.29, 0.717) is 12.6 Å². The average Bonchev–Trinajstić information content (AvgIpc) is 2.89. The Kier molecular flexibility index (Phi) is 3.53. The van der Waals surface area contributed by atoms with Crippen LogP contribution in [-0.2, 0) is 13.0 Å². The van der Waals surface area contributed by atoms with Crippen molar-refractivity contribution in [2.75, 3.05) is 0 Å². The van der Waals surface area contributed by atoms with E-state index in [1.807, 2.05) is 11.3 Å². The van der Waals surface area contributed by atoms with Crippen LogP contribution in [0.1, 0.15) is 34.9 Å². The maximum atomic E-state index is 13.3. The van der Waals surface area contributed by atoms with Crippen molar-refractivity contribution in [1.29, 1.82) is 0 Å². The second-order valence-corrected chi connectivity index (χ2v) is 5.91. The van der Waals surface area contributed by atoms with Gasteiger partial charge in [-0.25, -0.2) is 4.39 Å². The monoisotopic (exact) mass is 277 g/mol. The fourth-order valence-electron chi connectivity index (χ4n) is 2.60. The van der Waals surface area contributed by atoms with Crippen LogP contribution in [0.4, 0.5) is 4.39 Å². The summed E-state index contributed by atoms with van der Waals surface area (Å²) in [6.45, 7) is 0.622. The van der Waals surface area contributed by atoms with Crippen LogP contribution in [-0.4, -0.2) is 5.11 Å². The number of rotatable bonds is 3. The van der Waals surface area contributed by atoms with Crippen molar-refractivity contribution in [3.8, 4) is 5.75 Å². The van der Waals surface area contributed by atoms with Gasteiger partial charge >= 0.3 is 0 Å². The largest absolute Gasteiger partial charge is 0.505 e. The number of hydrogen-bond donors (Lipinski definition) is 2. The van der Waals surface area contributed by atoms with Gasteiger partial charge in [0.1, 0.15) is 0 Å². The summed E-state index contributed by atoms with van der Waals surface area (Å²) in [6.07, 6.45) is 3.51. The Balaban J connectivity index is 1.69. The molecule has 1 aliphatic carbocycles. The van der Waals surface area contributed by atoms with Gasteiger partial charge in [-0.15, -0.1) is 11.3 Å². The summed E-state index contributed by atoms with van der Waals surface area (Å²) in [6, 6.07) is 7.10. The molecule has 0 spiro atoms. The van der Waals surface area contributed by atoms with E-state index in [4.69, 9.17) is 5.11 Å². The van der Waals surface area contributed by atoms with Crippen LogP contribution in [0.3, 0.4) is 0 Å². The van der Waals surface area contributed by atoms with Gasteiger partial charge in [-0.1, -0.05) is 6.07 Å². The minimum Gasteiger partial charge on any atom is -0.505 e. The molecule has 0 saturated heterocycles. The molecule has 2 nitrogen and oxygen atoms in total. The van der Waals surface area contributed by atoms with E-state index in [-0.39, 0.29) is 5.75 Å². The number of fused-ring (bicyclic) bond motifs is 1. The molecular weight excluding hydrogens is 261 g/mol. The number of hydrogen-bond acceptors (Lipinski definition) is 3. The molecule has 100 valence electrons. The Morgan fingerprint density at radius 3 is 3.11 bits per heavy atom. The van der Waals surface area contributed by atoms with E-state index < -0.39 is 5.82 Å². The second-order valence-electron chi connectivity index (χ2n) is 4.91. The Labute approximate surface area is 115 Å². The zero-order valence-electron chi connectivity index (χ0n) is 10.5. The molecule has 19 heavy (non-hydrogen) atoms. The number of aryl methyl sites for hydroxylation is 1. The number of nitrogens with one attached hydrogen (secondary N) is 1. The third-order valence-corrected chi connectivity index (χ3v) is 4.61. The second kappa shape index (κ2) is 5.31. The molecule has 1 unspecified atom stereocenters. The van der Waals surface area contributed by atoms with E-state index in [1.54, 1.807) is 6.07 Å². The van der Waals surface area contributed by atoms with Crippen LogP contribution in [0.25, 0.3) is 0 Å². The van der Waals surface area contributed by atoms with E-state index >= 15 is 0 Å². The van der Waals surface area contributed by atoms with Crippen molar-refractivity contribution in [2.45, 2.75) is 31.8 Å². The minimum absolute atomic E-state index is 0.290. The van der Waals surface area contributed by atoms with Gasteiger partial charge in [0.05, 0.1) is 0 Å². The van der Waals surface area contributed by atoms with Crippen molar-refractivity contribution >= 4 is 11.3 Å². The number of benzene rings is 1. The molecule has 0 aliphatic heterocycles. The fourth-order valence-corrected chi connectivity index (χ4v) is 3.59. The van der Waals surface area contributed by atoms with Gasteiger partial charge < -0.3 is 10.4 Å². The summed E-state index contributed by atoms with van der Waals surface area (Å²) in [5, 5.41) is 14.8. The van der Waals surface area contributed by atoms with Crippen LogP contribution in [0.15, 0.2) is 29.6 Å². The number of halogens is 1. The summed E-state index contributed by atoms with van der Waals surface area (Å²) in [5.41, 5.74) is 2.26. The Morgan fingerprint density at radius 2 is 2.26 bits per heavy atom. The van der Waals surface area contributed by atoms with Gasteiger partial charge in [0.15, 0.2) is 11.6 Å². The lowest BCUT2D eigenvalue weighted by molar-refractivity contribution is 0.429. The standard InChI is InChI=1S/C15H16FNOS/c16-12-8-10(4-5-14(12)18)9-17-13-2-1-3-15-11(13)6-7-19-15/h4-8,13,17-18H,1-3,9H2. The first-order chi connectivity index (χ1) is 9.24. The SMILES string of the molecule is Oc1ccc(CNC2CCCc3sccc32)cc1F. The van der Waals surface area contributed by atoms with E-state index in [9.17, 15) is 4.39 Å². The van der Waals surface area contributed by atoms with Crippen molar-refractivity contribution in [3.63, 3.8) is 0 Å². The quantitative estimate of drug-likeness (QED) is 0.895. The third kappa shape index (κ3) is 2.65. The summed E-state index contributed by atoms with van der Waals surface area (Å²) in [7, 11) is 0. The molecule has 1 heterocycles. The lowest BCUT2D eigenvalue weighted by atomic mass is 9.94. The molecule has 0 amide bonds. The summed E-state index contributed by atoms with van der Waals surface area (Å²) in [4.78, 5) is 1.47. The van der Waals surface area contributed by atoms with Crippen LogP contribution < -0.4 is 5.32 Å². The highest BCUT2D eigenvalue weighted by Gasteiger charge is 2.20. The average molecular weight is 277 g/mol. The fraction of sp³-hybridized carbons (Fsp3) is 0.333. The topological polar surface area (TPSA) is 32.3 Å². The van der Waals surface area contributed by atoms with E-state index in [2.05, 4.69) is 16.8 Å². The molecule has 2 N–H and O–H groups in total. The van der Waals surface area contributed by atoms with Crippen molar-refractivity contribution in [3.05, 3.63) is 51.5 Å². The molecule has 0 fully saturated rings. The van der Waals surface area contributed by atoms with Gasteiger partial charge in [-0.05, 0) is 54.0 Å². The number of aromatic hydroxyl groups is 1. The first-order valence-corrected chi connectivity index (χ1v) is 7.39. The van der Waals surface area contributed by atoms with E-state index in [1.165, 1.54) is 35.4 Å². The summed E-state index contributed by atoms with van der Waals surface area (Å²) >= 11 is 1.82. The highest BCUT2D eigenvalue weighted by Crippen LogP contribution is 2.33. The van der Waals surface area contributed by atoms with Crippen LogP contribution in [0, 0.1) is 5.82 Å². The normalized spacial score (nSPS) is 18.3. The predicted molar refractivity (Wildman–Crippen MR) is 74.9 cm³/mol. The molecule has 0 saturated carbocycles. The molecule has 1 aliphatic rings. The summed E-state index contributed by atoms with van der Waals surface area (Å²) in [5.74, 6) is -0.847. The minimum atomic E-state index is -0.556. The first kappa shape index (κ1) is 12.6.